The molecule has 14 atom stereocenters. The standard InChI is InChI=1S/C30H40NO8P.C24H37N2O7P.C23H28NO6P.C17H25N2O5P/c1-4-28(34)38-30(21(2)3)39-40(37,17-9-8-12-22-10-6-5-7-11-22)20-27(33)31-19-24(18-26(31)29(35)36)23-13-15-25(32)16-14-23;1-4-22(28)32-24(17(2)3)33-34(31,13-9-8-12-18-10-6-5-7-11-18)16-21(27)26-15-19(25)14-20(26)23(29)30;25-20-11-9-18(10-12-20)19-14-21(23(27)28)24(15-19)22(26)16-31(29,30)13-5-4-8-17-6-2-1-3-7-17;18-14-10-15(17(21)22)19(11-14)16(20)12-25(23,24)9-5-4-8-13-6-2-1-3-7-13/h5-7,10-11,13-16,21,24,26,30,32H,4,8-9,12,17-20H2,1-3H3,(H,35,36);5-7,10-11,17,19-20,24H,4,8-9,12-16,25H2,1-3H3,(H,29,30);1-3,6-7,9-12,19,21,25H,4-5,8,13-16H2,(H,27,28)(H,29,30);1-3,6-7,14-15H,4-5,8-12,18H2,(H,21,22)(H,23,24)/t24-,26+,30-,40?;19-,20+,24-,34?;19-,21+;14-,15+/m1111/s1. The first-order chi connectivity index (χ1) is 61.6. The number of aromatic hydroxyl groups is 2. The van der Waals surface area contributed by atoms with Gasteiger partial charge in [0.2, 0.25) is 65.7 Å². The van der Waals surface area contributed by atoms with Crippen molar-refractivity contribution in [2.24, 2.45) is 23.3 Å². The van der Waals surface area contributed by atoms with E-state index in [9.17, 15) is 102 Å². The average molecular weight is 1880 g/mol. The predicted molar refractivity (Wildman–Crippen MR) is 492 cm³/mol. The van der Waals surface area contributed by atoms with Gasteiger partial charge in [-0.1, -0.05) is 187 Å². The lowest BCUT2D eigenvalue weighted by Crippen LogP contribution is -2.42. The topological polar surface area (TPSA) is 503 Å². The van der Waals surface area contributed by atoms with Gasteiger partial charge in [0.15, 0.2) is 0 Å². The van der Waals surface area contributed by atoms with Gasteiger partial charge in [-0.05, 0) is 160 Å². The molecule has 6 aromatic carbocycles. The highest BCUT2D eigenvalue weighted by Crippen LogP contribution is 2.53. The summed E-state index contributed by atoms with van der Waals surface area (Å²) in [6.07, 6.45) is 5.46. The molecule has 10 rings (SSSR count). The van der Waals surface area contributed by atoms with E-state index in [0.29, 0.717) is 25.7 Å². The number of hydrogen-bond donors (Lipinski definition) is 10. The first-order valence-corrected chi connectivity index (χ1v) is 52.5. The van der Waals surface area contributed by atoms with Gasteiger partial charge in [-0.25, -0.2) is 19.2 Å². The number of hydrogen-bond acceptors (Lipinski definition) is 22. The first kappa shape index (κ1) is 107. The molecule has 4 saturated heterocycles. The second-order valence-electron chi connectivity index (χ2n) is 34.4. The first-order valence-electron chi connectivity index (χ1n) is 44.5. The number of aliphatic carboxylic acids is 4. The minimum Gasteiger partial charge on any atom is -0.508 e. The van der Waals surface area contributed by atoms with Crippen molar-refractivity contribution >= 4 is 88.9 Å². The van der Waals surface area contributed by atoms with Gasteiger partial charge in [0.05, 0.1) is 0 Å². The highest BCUT2D eigenvalue weighted by atomic mass is 31.2. The van der Waals surface area contributed by atoms with Crippen LogP contribution in [0.15, 0.2) is 170 Å². The van der Waals surface area contributed by atoms with Crippen molar-refractivity contribution < 1.29 is 125 Å². The molecule has 4 aliphatic rings. The smallest absolute Gasteiger partial charge is 0.326 e. The molecule has 4 fully saturated rings. The molecular formula is C94H130N6O26P4. The van der Waals surface area contributed by atoms with Crippen LogP contribution in [0.1, 0.15) is 177 Å². The maximum Gasteiger partial charge on any atom is 0.326 e. The minimum atomic E-state index is -3.69. The van der Waals surface area contributed by atoms with Gasteiger partial charge in [0.1, 0.15) is 60.3 Å². The molecule has 4 heterocycles. The SMILES string of the molecule is CCC(=O)O[C@H](OP(=O)(CCCCc1ccccc1)CC(=O)N1C[C@H](N)C[C@H]1C(=O)O)C(C)C.CCC(=O)O[C@H](OP(=O)(CCCCc1ccccc1)CC(=O)N1C[C@H](c2ccc(O)cc2)C[C@H]1C(=O)O)C(C)C.N[C@@H]1C[C@@H](C(=O)O)N(C(=O)CP(=O)(O)CCCCc2ccccc2)C1.O=C(O)[C@@H]1C[C@@H](c2ccc(O)cc2)CN1C(=O)CP(=O)(O)CCCCc1ccccc1. The second-order valence-corrected chi connectivity index (χ2v) is 44.5. The monoisotopic (exact) mass is 1880 g/mol. The molecule has 0 saturated carbocycles. The van der Waals surface area contributed by atoms with Crippen LogP contribution in [-0.4, -0.2) is 244 Å². The van der Waals surface area contributed by atoms with Crippen LogP contribution in [0, 0.1) is 11.8 Å². The third-order valence-corrected chi connectivity index (χ3v) is 31.2. The van der Waals surface area contributed by atoms with Crippen LogP contribution in [0.4, 0.5) is 0 Å². The second kappa shape index (κ2) is 52.5. The van der Waals surface area contributed by atoms with Crippen LogP contribution in [0.2, 0.25) is 0 Å². The number of carboxylic acids is 4. The van der Waals surface area contributed by atoms with Crippen molar-refractivity contribution in [1.29, 1.82) is 0 Å². The van der Waals surface area contributed by atoms with Crippen molar-refractivity contribution in [3.05, 3.63) is 203 Å². The quantitative estimate of drug-likeness (QED) is 0.00735. The number of phenolic OH excluding ortho intramolecular Hbond substituents is 2. The fraction of sp³-hybridized carbons (Fsp3) is 0.511. The van der Waals surface area contributed by atoms with Crippen LogP contribution >= 0.6 is 29.5 Å². The highest BCUT2D eigenvalue weighted by molar-refractivity contribution is 7.60. The molecular weight excluding hydrogens is 1750 g/mol. The van der Waals surface area contributed by atoms with E-state index in [-0.39, 0.29) is 125 Å². The summed E-state index contributed by atoms with van der Waals surface area (Å²) in [6.45, 7) is 10.9. The van der Waals surface area contributed by atoms with E-state index in [1.165, 1.54) is 44.5 Å². The largest absolute Gasteiger partial charge is 0.508 e. The van der Waals surface area contributed by atoms with Gasteiger partial charge in [0.25, 0.3) is 0 Å². The van der Waals surface area contributed by atoms with Crippen LogP contribution in [-0.2, 0) is 110 Å². The van der Waals surface area contributed by atoms with E-state index in [1.54, 1.807) is 65.8 Å². The van der Waals surface area contributed by atoms with E-state index in [0.717, 1.165) is 84.1 Å². The zero-order valence-electron chi connectivity index (χ0n) is 75.0. The molecule has 712 valence electrons. The fourth-order valence-corrected chi connectivity index (χ4v) is 23.4. The molecule has 0 radical (unpaired) electrons. The molecule has 32 nitrogen and oxygen atoms in total. The highest BCUT2D eigenvalue weighted by Gasteiger charge is 2.47. The number of aryl methyl sites for hydroxylation is 4. The van der Waals surface area contributed by atoms with Crippen molar-refractivity contribution in [1.82, 2.24) is 19.6 Å². The number of carboxylic acid groups (broad SMARTS) is 4. The Morgan fingerprint density at radius 1 is 0.362 bits per heavy atom. The Balaban J connectivity index is 0.000000240. The fourth-order valence-electron chi connectivity index (χ4n) is 15.8. The van der Waals surface area contributed by atoms with Gasteiger partial charge in [-0.3, -0.25) is 56.1 Å². The van der Waals surface area contributed by atoms with Gasteiger partial charge in [0, 0.05) is 99.4 Å². The number of benzene rings is 6. The number of likely N-dealkylation sites (tertiary alicyclic amines) is 4. The van der Waals surface area contributed by atoms with E-state index in [4.69, 9.17) is 35.1 Å². The maximum absolute atomic E-state index is 14.2. The summed E-state index contributed by atoms with van der Waals surface area (Å²) in [5, 5.41) is 57.1. The minimum absolute atomic E-state index is 0.0402. The van der Waals surface area contributed by atoms with E-state index in [1.807, 2.05) is 121 Å². The summed E-state index contributed by atoms with van der Waals surface area (Å²) in [5.41, 5.74) is 17.9. The Kier molecular flexibility index (Phi) is 43.4. The Labute approximate surface area is 761 Å². The molecule has 0 bridgehead atoms. The lowest BCUT2D eigenvalue weighted by atomic mass is 9.96. The van der Waals surface area contributed by atoms with Gasteiger partial charge in [-0.15, -0.1) is 0 Å². The number of amides is 4. The van der Waals surface area contributed by atoms with Crippen LogP contribution in [0.5, 0.6) is 11.5 Å². The molecule has 4 aliphatic heterocycles. The van der Waals surface area contributed by atoms with Gasteiger partial charge >= 0.3 is 35.8 Å². The van der Waals surface area contributed by atoms with E-state index < -0.39 is 162 Å². The van der Waals surface area contributed by atoms with Crippen LogP contribution in [0.25, 0.3) is 0 Å². The number of carbonyl (C=O) groups excluding carboxylic acids is 6. The number of esters is 2. The molecule has 0 spiro atoms. The van der Waals surface area contributed by atoms with Crippen molar-refractivity contribution in [2.75, 3.05) is 75.5 Å². The third kappa shape index (κ3) is 36.1. The number of phenols is 2. The molecule has 4 unspecified atom stereocenters. The Morgan fingerprint density at radius 2 is 0.615 bits per heavy atom. The summed E-state index contributed by atoms with van der Waals surface area (Å²) < 4.78 is 75.6. The molecule has 4 amide bonds. The van der Waals surface area contributed by atoms with Crippen molar-refractivity contribution in [3.63, 3.8) is 0 Å². The number of unbranched alkanes of at least 4 members (excludes halogenated alkanes) is 4. The number of nitrogens with two attached hydrogens (primary N) is 2. The number of rotatable bonds is 44. The Hall–Kier alpha value is -9.70. The van der Waals surface area contributed by atoms with Crippen molar-refractivity contribution in [2.45, 2.75) is 218 Å². The van der Waals surface area contributed by atoms with Crippen molar-refractivity contribution in [3.8, 4) is 11.5 Å². The summed E-state index contributed by atoms with van der Waals surface area (Å²) in [5.74, 6) is -8.67. The molecule has 36 heteroatoms. The lowest BCUT2D eigenvalue weighted by molar-refractivity contribution is -0.170. The van der Waals surface area contributed by atoms with Crippen LogP contribution in [0.3, 0.4) is 0 Å². The summed E-state index contributed by atoms with van der Waals surface area (Å²) in [6, 6.07) is 47.4. The predicted octanol–water partition coefficient (Wildman–Crippen LogP) is 13.4. The number of carbonyl (C=O) groups is 10. The van der Waals surface area contributed by atoms with Gasteiger partial charge < -0.3 is 81.0 Å². The van der Waals surface area contributed by atoms with E-state index >= 15 is 0 Å². The Morgan fingerprint density at radius 3 is 0.877 bits per heavy atom. The van der Waals surface area contributed by atoms with Crippen LogP contribution < -0.4 is 11.5 Å². The molecule has 0 aliphatic carbocycles. The Bertz CT molecular complexity index is 4850. The molecule has 12 N–H and O–H groups in total. The molecule has 0 aromatic heterocycles. The average Bonchev–Trinajstić information content (AvgIpc) is 1.65. The zero-order valence-corrected chi connectivity index (χ0v) is 78.5. The normalized spacial score (nSPS) is 20.5. The molecule has 130 heavy (non-hydrogen) atoms. The summed E-state index contributed by atoms with van der Waals surface area (Å²) >= 11 is 0. The zero-order chi connectivity index (χ0) is 95.5. The van der Waals surface area contributed by atoms with E-state index in [2.05, 4.69) is 0 Å². The maximum atomic E-state index is 14.2. The lowest BCUT2D eigenvalue weighted by Gasteiger charge is -2.29. The molecule has 6 aromatic rings. The summed E-state index contributed by atoms with van der Waals surface area (Å²) in [7, 11) is -14.6. The number of nitrogens with zero attached hydrogens (tertiary/aromatic N) is 4. The summed E-state index contributed by atoms with van der Waals surface area (Å²) in [4.78, 5) is 147. The van der Waals surface area contributed by atoms with Gasteiger partial charge in [-0.2, -0.15) is 0 Å². The number of ether oxygens (including phenoxy) is 2. The third-order valence-electron chi connectivity index (χ3n) is 22.9.